The number of para-hydroxylation sites is 1. The first-order valence-electron chi connectivity index (χ1n) is 7.67. The molecule has 0 aromatic heterocycles. The van der Waals surface area contributed by atoms with Crippen LogP contribution in [0, 0.1) is 0 Å². The van der Waals surface area contributed by atoms with Gasteiger partial charge >= 0.3 is 0 Å². The van der Waals surface area contributed by atoms with E-state index < -0.39 is 0 Å². The third-order valence-corrected chi connectivity index (χ3v) is 3.98. The van der Waals surface area contributed by atoms with E-state index in [-0.39, 0.29) is 6.10 Å². The molecule has 2 aromatic carbocycles. The summed E-state index contributed by atoms with van der Waals surface area (Å²) in [6.07, 6.45) is 1.12. The van der Waals surface area contributed by atoms with Gasteiger partial charge in [0, 0.05) is 22.7 Å². The lowest BCUT2D eigenvalue weighted by Crippen LogP contribution is -2.38. The summed E-state index contributed by atoms with van der Waals surface area (Å²) in [5.41, 5.74) is 1.94. The Balaban J connectivity index is 1.88. The number of rotatable bonds is 5. The lowest BCUT2D eigenvalue weighted by Gasteiger charge is -2.28. The van der Waals surface area contributed by atoms with Gasteiger partial charge in [0.25, 0.3) is 0 Å². The van der Waals surface area contributed by atoms with Gasteiger partial charge in [-0.1, -0.05) is 48.9 Å². The molecular weight excluding hydrogens is 298 g/mol. The Labute approximate surface area is 136 Å². The molecule has 1 aliphatic rings. The predicted octanol–water partition coefficient (Wildman–Crippen LogP) is 4.15. The molecule has 1 aliphatic heterocycles. The largest absolute Gasteiger partial charge is 0.486 e. The summed E-state index contributed by atoms with van der Waals surface area (Å²) in [5, 5.41) is 4.09. The van der Waals surface area contributed by atoms with Crippen LogP contribution in [0.2, 0.25) is 5.02 Å². The van der Waals surface area contributed by atoms with Crippen LogP contribution in [0.1, 0.15) is 13.3 Å². The number of benzene rings is 2. The lowest BCUT2D eigenvalue weighted by atomic mass is 10.0. The molecule has 0 amide bonds. The van der Waals surface area contributed by atoms with Crippen molar-refractivity contribution in [3.05, 3.63) is 47.5 Å². The molecule has 2 aromatic rings. The van der Waals surface area contributed by atoms with Crippen LogP contribution in [-0.4, -0.2) is 25.8 Å². The Kier molecular flexibility index (Phi) is 4.86. The van der Waals surface area contributed by atoms with Gasteiger partial charge in [-0.25, -0.2) is 0 Å². The van der Waals surface area contributed by atoms with Gasteiger partial charge in [-0.05, 0) is 25.1 Å². The second-order valence-electron chi connectivity index (χ2n) is 5.37. The van der Waals surface area contributed by atoms with Crippen molar-refractivity contribution in [2.24, 2.45) is 0 Å². The topological polar surface area (TPSA) is 30.5 Å². The zero-order valence-electron chi connectivity index (χ0n) is 12.6. The van der Waals surface area contributed by atoms with Crippen LogP contribution >= 0.6 is 11.6 Å². The molecule has 0 bridgehead atoms. The van der Waals surface area contributed by atoms with E-state index in [9.17, 15) is 0 Å². The lowest BCUT2D eigenvalue weighted by molar-refractivity contribution is 0.0913. The molecule has 0 saturated carbocycles. The minimum absolute atomic E-state index is 0.0164. The number of hydrogen-bond donors (Lipinski definition) is 1. The van der Waals surface area contributed by atoms with Gasteiger partial charge in [0.05, 0.1) is 0 Å². The molecule has 116 valence electrons. The number of ether oxygens (including phenoxy) is 2. The van der Waals surface area contributed by atoms with Crippen molar-refractivity contribution < 1.29 is 9.47 Å². The predicted molar refractivity (Wildman–Crippen MR) is 90.0 cm³/mol. The zero-order valence-corrected chi connectivity index (χ0v) is 13.4. The quantitative estimate of drug-likeness (QED) is 0.840. The Morgan fingerprint density at radius 2 is 1.95 bits per heavy atom. The highest BCUT2D eigenvalue weighted by Gasteiger charge is 2.24. The molecule has 3 nitrogen and oxygen atoms in total. The van der Waals surface area contributed by atoms with E-state index in [4.69, 9.17) is 21.1 Å². The molecule has 0 spiro atoms. The van der Waals surface area contributed by atoms with E-state index in [1.807, 2.05) is 42.5 Å². The monoisotopic (exact) mass is 317 g/mol. The standard InChI is InChI=1S/C18H20ClNO2/c1-2-10-20-11-13-12-21-17-9-5-7-15(18(17)22-13)14-6-3-4-8-16(14)19/h3-9,13,20H,2,10-12H2,1H3. The maximum Gasteiger partial charge on any atom is 0.169 e. The fraction of sp³-hybridized carbons (Fsp3) is 0.333. The van der Waals surface area contributed by atoms with E-state index in [1.54, 1.807) is 0 Å². The van der Waals surface area contributed by atoms with E-state index in [2.05, 4.69) is 12.2 Å². The van der Waals surface area contributed by atoms with Gasteiger partial charge < -0.3 is 14.8 Å². The van der Waals surface area contributed by atoms with Crippen molar-refractivity contribution in [2.45, 2.75) is 19.4 Å². The smallest absolute Gasteiger partial charge is 0.169 e. The highest BCUT2D eigenvalue weighted by molar-refractivity contribution is 6.33. The fourth-order valence-corrected chi connectivity index (χ4v) is 2.80. The number of fused-ring (bicyclic) bond motifs is 1. The van der Waals surface area contributed by atoms with Crippen molar-refractivity contribution >= 4 is 11.6 Å². The Hall–Kier alpha value is -1.71. The zero-order chi connectivity index (χ0) is 15.4. The highest BCUT2D eigenvalue weighted by atomic mass is 35.5. The van der Waals surface area contributed by atoms with Crippen LogP contribution < -0.4 is 14.8 Å². The van der Waals surface area contributed by atoms with Gasteiger partial charge in [0.1, 0.15) is 12.7 Å². The van der Waals surface area contributed by atoms with Crippen LogP contribution in [0.5, 0.6) is 11.5 Å². The summed E-state index contributed by atoms with van der Waals surface area (Å²) in [6.45, 7) is 4.48. The van der Waals surface area contributed by atoms with Crippen LogP contribution in [0.15, 0.2) is 42.5 Å². The third-order valence-electron chi connectivity index (χ3n) is 3.65. The van der Waals surface area contributed by atoms with E-state index in [0.717, 1.165) is 42.1 Å². The number of nitrogens with one attached hydrogen (secondary N) is 1. The first-order valence-corrected chi connectivity index (χ1v) is 8.05. The van der Waals surface area contributed by atoms with Crippen molar-refractivity contribution in [1.29, 1.82) is 0 Å². The molecule has 1 unspecified atom stereocenters. The molecule has 3 rings (SSSR count). The molecule has 4 heteroatoms. The summed E-state index contributed by atoms with van der Waals surface area (Å²) in [7, 11) is 0. The Bertz CT molecular complexity index is 645. The molecule has 0 aliphatic carbocycles. The van der Waals surface area contributed by atoms with E-state index >= 15 is 0 Å². The van der Waals surface area contributed by atoms with Crippen molar-refractivity contribution in [3.8, 4) is 22.6 Å². The summed E-state index contributed by atoms with van der Waals surface area (Å²) in [5.74, 6) is 1.56. The summed E-state index contributed by atoms with van der Waals surface area (Å²) < 4.78 is 12.0. The Morgan fingerprint density at radius 1 is 1.14 bits per heavy atom. The highest BCUT2D eigenvalue weighted by Crippen LogP contribution is 2.42. The molecule has 22 heavy (non-hydrogen) atoms. The van der Waals surface area contributed by atoms with Crippen LogP contribution in [0.25, 0.3) is 11.1 Å². The summed E-state index contributed by atoms with van der Waals surface area (Å²) in [6, 6.07) is 13.7. The van der Waals surface area contributed by atoms with Gasteiger partial charge in [-0.2, -0.15) is 0 Å². The second kappa shape index (κ2) is 7.03. The second-order valence-corrected chi connectivity index (χ2v) is 5.77. The van der Waals surface area contributed by atoms with Crippen LogP contribution in [0.3, 0.4) is 0 Å². The van der Waals surface area contributed by atoms with Gasteiger partial charge in [-0.3, -0.25) is 0 Å². The van der Waals surface area contributed by atoms with Gasteiger partial charge in [0.2, 0.25) is 0 Å². The first kappa shape index (κ1) is 15.2. The average Bonchev–Trinajstić information content (AvgIpc) is 2.55. The molecule has 0 radical (unpaired) electrons. The molecule has 1 N–H and O–H groups in total. The molecular formula is C18H20ClNO2. The van der Waals surface area contributed by atoms with Crippen molar-refractivity contribution in [2.75, 3.05) is 19.7 Å². The van der Waals surface area contributed by atoms with Gasteiger partial charge in [0.15, 0.2) is 11.5 Å². The minimum atomic E-state index is 0.0164. The maximum atomic E-state index is 6.33. The minimum Gasteiger partial charge on any atom is -0.486 e. The SMILES string of the molecule is CCCNCC1COc2cccc(-c3ccccc3Cl)c2O1. The molecule has 1 atom stereocenters. The summed E-state index contributed by atoms with van der Waals surface area (Å²) >= 11 is 6.33. The Morgan fingerprint density at radius 3 is 2.77 bits per heavy atom. The van der Waals surface area contributed by atoms with E-state index in [1.165, 1.54) is 0 Å². The number of halogens is 1. The first-order chi connectivity index (χ1) is 10.8. The van der Waals surface area contributed by atoms with Gasteiger partial charge in [-0.15, -0.1) is 0 Å². The van der Waals surface area contributed by atoms with Crippen molar-refractivity contribution in [1.82, 2.24) is 5.32 Å². The van der Waals surface area contributed by atoms with Crippen LogP contribution in [-0.2, 0) is 0 Å². The average molecular weight is 318 g/mol. The fourth-order valence-electron chi connectivity index (χ4n) is 2.57. The van der Waals surface area contributed by atoms with Crippen molar-refractivity contribution in [3.63, 3.8) is 0 Å². The normalized spacial score (nSPS) is 16.5. The molecule has 1 heterocycles. The van der Waals surface area contributed by atoms with E-state index in [0.29, 0.717) is 11.6 Å². The van der Waals surface area contributed by atoms with Crippen LogP contribution in [0.4, 0.5) is 0 Å². The maximum absolute atomic E-state index is 6.33. The summed E-state index contributed by atoms with van der Waals surface area (Å²) in [4.78, 5) is 0. The molecule has 0 fully saturated rings. The third kappa shape index (κ3) is 3.21. The molecule has 0 saturated heterocycles. The number of hydrogen-bond acceptors (Lipinski definition) is 3.